The van der Waals surface area contributed by atoms with Crippen LogP contribution in [0.1, 0.15) is 15.9 Å². The predicted octanol–water partition coefficient (Wildman–Crippen LogP) is 4.04. The number of thiophene rings is 1. The zero-order chi connectivity index (χ0) is 29.1. The fourth-order valence-corrected chi connectivity index (χ4v) is 7.15. The van der Waals surface area contributed by atoms with E-state index >= 15 is 0 Å². The Morgan fingerprint density at radius 1 is 1.00 bits per heavy atom. The van der Waals surface area contributed by atoms with Crippen molar-refractivity contribution in [2.24, 2.45) is 0 Å². The minimum Gasteiger partial charge on any atom is -0.384 e. The first-order valence-corrected chi connectivity index (χ1v) is 15.6. The van der Waals surface area contributed by atoms with Crippen LogP contribution in [0.4, 0.5) is 21.9 Å². The van der Waals surface area contributed by atoms with Gasteiger partial charge in [-0.2, -0.15) is 0 Å². The Morgan fingerprint density at radius 3 is 2.46 bits per heavy atom. The third kappa shape index (κ3) is 6.83. The summed E-state index contributed by atoms with van der Waals surface area (Å²) in [7, 11) is -4.12. The van der Waals surface area contributed by atoms with E-state index < -0.39 is 27.9 Å². The molecule has 1 saturated heterocycles. The van der Waals surface area contributed by atoms with Crippen LogP contribution in [0.2, 0.25) is 9.36 Å². The number of anilines is 3. The summed E-state index contributed by atoms with van der Waals surface area (Å²) in [6, 6.07) is 11.1. The van der Waals surface area contributed by atoms with Crippen LogP contribution in [0.3, 0.4) is 0 Å². The van der Waals surface area contributed by atoms with Gasteiger partial charge in [0.05, 0.1) is 34.7 Å². The minimum atomic E-state index is -4.12. The standard InChI is InChI=1S/C26H25Cl2N5O6S2/c27-20-15-18(30-26(36)31-41(37,38)24-6-5-22(28)40-24)2-4-21(20)33-23(34)14-16-13-17(1-3-19(16)25(33)35)29-7-8-32-9-11-39-12-10-32/h1-6,13,15,29H,7-12,14H2,(H2,30,31,36). The van der Waals surface area contributed by atoms with Gasteiger partial charge in [0.1, 0.15) is 4.21 Å². The molecule has 4 amide bonds. The quantitative estimate of drug-likeness (QED) is 0.315. The third-order valence-corrected chi connectivity index (χ3v) is 9.83. The number of sulfonamides is 1. The van der Waals surface area contributed by atoms with Gasteiger partial charge in [-0.1, -0.05) is 23.2 Å². The normalized spacial score (nSPS) is 15.9. The van der Waals surface area contributed by atoms with Crippen LogP contribution in [0.15, 0.2) is 52.7 Å². The molecule has 11 nitrogen and oxygen atoms in total. The number of nitrogens with zero attached hydrogens (tertiary/aromatic N) is 2. The van der Waals surface area contributed by atoms with E-state index in [1.54, 1.807) is 12.1 Å². The molecule has 0 atom stereocenters. The Hall–Kier alpha value is -3.20. The number of benzene rings is 2. The van der Waals surface area contributed by atoms with E-state index in [0.717, 1.165) is 61.3 Å². The molecule has 1 fully saturated rings. The maximum Gasteiger partial charge on any atom is 0.333 e. The van der Waals surface area contributed by atoms with Crippen LogP contribution in [0.25, 0.3) is 0 Å². The van der Waals surface area contributed by atoms with E-state index in [1.165, 1.54) is 30.3 Å². The molecule has 2 aromatic carbocycles. The van der Waals surface area contributed by atoms with Gasteiger partial charge in [0, 0.05) is 43.1 Å². The number of fused-ring (bicyclic) bond motifs is 1. The van der Waals surface area contributed by atoms with Gasteiger partial charge in [0.25, 0.3) is 15.9 Å². The van der Waals surface area contributed by atoms with Gasteiger partial charge >= 0.3 is 6.03 Å². The van der Waals surface area contributed by atoms with Crippen LogP contribution in [-0.4, -0.2) is 70.6 Å². The van der Waals surface area contributed by atoms with Crippen molar-refractivity contribution in [3.8, 4) is 0 Å². The zero-order valence-electron chi connectivity index (χ0n) is 21.5. The first kappa shape index (κ1) is 29.3. The molecule has 15 heteroatoms. The fraction of sp³-hybridized carbons (Fsp3) is 0.269. The summed E-state index contributed by atoms with van der Waals surface area (Å²) in [6.07, 6.45) is 0.00336. The van der Waals surface area contributed by atoms with E-state index in [-0.39, 0.29) is 31.4 Å². The lowest BCUT2D eigenvalue weighted by Gasteiger charge is -2.28. The molecule has 0 radical (unpaired) electrons. The maximum atomic E-state index is 13.3. The monoisotopic (exact) mass is 637 g/mol. The Balaban J connectivity index is 1.23. The lowest BCUT2D eigenvalue weighted by molar-refractivity contribution is -0.117. The number of carbonyl (C=O) groups is 3. The number of urea groups is 1. The first-order valence-electron chi connectivity index (χ1n) is 12.5. The number of hydrogen-bond acceptors (Lipinski definition) is 9. The molecule has 1 aromatic heterocycles. The van der Waals surface area contributed by atoms with Gasteiger partial charge in [-0.3, -0.25) is 14.5 Å². The number of morpholine rings is 1. The summed E-state index contributed by atoms with van der Waals surface area (Å²) in [6.45, 7) is 4.82. The second kappa shape index (κ2) is 12.3. The molecule has 3 aromatic rings. The van der Waals surface area contributed by atoms with E-state index in [0.29, 0.717) is 11.1 Å². The molecule has 0 aliphatic carbocycles. The van der Waals surface area contributed by atoms with Crippen LogP contribution < -0.4 is 20.3 Å². The number of rotatable bonds is 8. The largest absolute Gasteiger partial charge is 0.384 e. The number of amides is 4. The lowest BCUT2D eigenvalue weighted by atomic mass is 9.97. The lowest BCUT2D eigenvalue weighted by Crippen LogP contribution is -2.42. The molecule has 0 saturated carbocycles. The second-order valence-electron chi connectivity index (χ2n) is 9.25. The van der Waals surface area contributed by atoms with Gasteiger partial charge in [-0.25, -0.2) is 22.8 Å². The molecule has 0 bridgehead atoms. The molecule has 5 rings (SSSR count). The average molecular weight is 639 g/mol. The van der Waals surface area contributed by atoms with Gasteiger partial charge in [0.2, 0.25) is 5.91 Å². The summed E-state index contributed by atoms with van der Waals surface area (Å²) in [4.78, 5) is 42.0. The van der Waals surface area contributed by atoms with Crippen LogP contribution in [-0.2, 0) is 26.0 Å². The number of ether oxygens (including phenoxy) is 1. The summed E-state index contributed by atoms with van der Waals surface area (Å²) in [5, 5.41) is 5.74. The van der Waals surface area contributed by atoms with Crippen molar-refractivity contribution in [2.75, 3.05) is 54.9 Å². The van der Waals surface area contributed by atoms with E-state index in [4.69, 9.17) is 27.9 Å². The van der Waals surface area contributed by atoms with Crippen molar-refractivity contribution in [1.29, 1.82) is 0 Å². The van der Waals surface area contributed by atoms with Crippen molar-refractivity contribution in [3.05, 3.63) is 69.0 Å². The molecule has 0 unspecified atom stereocenters. The third-order valence-electron chi connectivity index (χ3n) is 6.48. The highest BCUT2D eigenvalue weighted by molar-refractivity contribution is 7.92. The zero-order valence-corrected chi connectivity index (χ0v) is 24.6. The molecular weight excluding hydrogens is 613 g/mol. The van der Waals surface area contributed by atoms with E-state index in [9.17, 15) is 22.8 Å². The molecular formula is C26H25Cl2N5O6S2. The van der Waals surface area contributed by atoms with Crippen molar-refractivity contribution in [1.82, 2.24) is 9.62 Å². The summed E-state index contributed by atoms with van der Waals surface area (Å²) in [5.41, 5.74) is 2.13. The summed E-state index contributed by atoms with van der Waals surface area (Å²) < 4.78 is 32.1. The Kier molecular flexibility index (Phi) is 8.82. The highest BCUT2D eigenvalue weighted by atomic mass is 35.5. The molecule has 216 valence electrons. The summed E-state index contributed by atoms with van der Waals surface area (Å²) in [5.74, 6) is -0.966. The van der Waals surface area contributed by atoms with Gasteiger partial charge in [-0.15, -0.1) is 11.3 Å². The van der Waals surface area contributed by atoms with Gasteiger partial charge in [-0.05, 0) is 54.1 Å². The molecule has 3 N–H and O–H groups in total. The Bertz CT molecular complexity index is 1610. The number of imide groups is 1. The van der Waals surface area contributed by atoms with Crippen molar-refractivity contribution in [3.63, 3.8) is 0 Å². The number of carbonyl (C=O) groups excluding carboxylic acids is 3. The Morgan fingerprint density at radius 2 is 1.76 bits per heavy atom. The molecule has 2 aliphatic rings. The average Bonchev–Trinajstić information content (AvgIpc) is 3.37. The topological polar surface area (TPSA) is 137 Å². The molecule has 3 heterocycles. The number of hydrogen-bond donors (Lipinski definition) is 3. The van der Waals surface area contributed by atoms with Crippen molar-refractivity contribution >= 4 is 79.5 Å². The first-order chi connectivity index (χ1) is 19.6. The molecule has 41 heavy (non-hydrogen) atoms. The van der Waals surface area contributed by atoms with Gasteiger partial charge in [0.15, 0.2) is 0 Å². The molecule has 2 aliphatic heterocycles. The maximum absolute atomic E-state index is 13.3. The smallest absolute Gasteiger partial charge is 0.333 e. The Labute approximate surface area is 250 Å². The van der Waals surface area contributed by atoms with Gasteiger partial charge < -0.3 is 15.4 Å². The van der Waals surface area contributed by atoms with Crippen LogP contribution >= 0.6 is 34.5 Å². The number of halogens is 2. The van der Waals surface area contributed by atoms with E-state index in [2.05, 4.69) is 15.5 Å². The summed E-state index contributed by atoms with van der Waals surface area (Å²) >= 11 is 13.0. The van der Waals surface area contributed by atoms with Crippen LogP contribution in [0, 0.1) is 0 Å². The van der Waals surface area contributed by atoms with Crippen molar-refractivity contribution < 1.29 is 27.5 Å². The SMILES string of the molecule is O=C(Nc1ccc(N2C(=O)Cc3cc(NCCN4CCOCC4)ccc3C2=O)c(Cl)c1)NS(=O)(=O)c1ccc(Cl)s1. The predicted molar refractivity (Wildman–Crippen MR) is 158 cm³/mol. The minimum absolute atomic E-state index is 0.00336. The van der Waals surface area contributed by atoms with Crippen LogP contribution in [0.5, 0.6) is 0 Å². The fourth-order valence-electron chi connectivity index (χ4n) is 4.50. The highest BCUT2D eigenvalue weighted by Crippen LogP contribution is 2.34. The number of nitrogens with one attached hydrogen (secondary N) is 3. The highest BCUT2D eigenvalue weighted by Gasteiger charge is 2.33. The van der Waals surface area contributed by atoms with E-state index in [1.807, 2.05) is 10.8 Å². The second-order valence-corrected chi connectivity index (χ2v) is 13.3. The molecule has 0 spiro atoms. The van der Waals surface area contributed by atoms with Crippen molar-refractivity contribution in [2.45, 2.75) is 10.6 Å².